The summed E-state index contributed by atoms with van der Waals surface area (Å²) >= 11 is 0. The number of aryl methyl sites for hydroxylation is 1. The van der Waals surface area contributed by atoms with E-state index in [2.05, 4.69) is 47.6 Å². The summed E-state index contributed by atoms with van der Waals surface area (Å²) in [6.07, 6.45) is 3.17. The van der Waals surface area contributed by atoms with E-state index in [4.69, 9.17) is 5.73 Å². The number of anilines is 1. The van der Waals surface area contributed by atoms with Crippen molar-refractivity contribution in [3.05, 3.63) is 47.3 Å². The monoisotopic (exact) mass is 266 g/mol. The van der Waals surface area contributed by atoms with Gasteiger partial charge in [-0.1, -0.05) is 26.7 Å². The minimum absolute atomic E-state index is 0.0222. The normalized spacial score (nSPS) is 10.8. The zero-order valence-corrected chi connectivity index (χ0v) is 12.2. The molecule has 0 amide bonds. The molecule has 0 bridgehead atoms. The lowest BCUT2D eigenvalue weighted by Gasteiger charge is -2.16. The fourth-order valence-electron chi connectivity index (χ4n) is 1.65. The molecule has 4 heteroatoms. The Morgan fingerprint density at radius 2 is 1.80 bits per heavy atom. The van der Waals surface area contributed by atoms with E-state index in [1.807, 2.05) is 19.1 Å². The van der Waals surface area contributed by atoms with Gasteiger partial charge in [0.25, 0.3) is 0 Å². The first-order valence-corrected chi connectivity index (χ1v) is 6.43. The third-order valence-electron chi connectivity index (χ3n) is 2.83. The van der Waals surface area contributed by atoms with Crippen LogP contribution in [-0.4, -0.2) is 15.0 Å². The molecular formula is C16H18N4. The molecule has 0 atom stereocenters. The van der Waals surface area contributed by atoms with Crippen LogP contribution in [0.4, 0.5) is 5.69 Å². The molecule has 0 spiro atoms. The van der Waals surface area contributed by atoms with E-state index in [0.29, 0.717) is 11.4 Å². The number of nitrogen functional groups attached to an aromatic ring is 1. The Morgan fingerprint density at radius 1 is 1.05 bits per heavy atom. The largest absolute Gasteiger partial charge is 0.396 e. The number of hydrogen-bond acceptors (Lipinski definition) is 4. The summed E-state index contributed by atoms with van der Waals surface area (Å²) in [6, 6.07) is 3.78. The van der Waals surface area contributed by atoms with Gasteiger partial charge in [-0.15, -0.1) is 0 Å². The van der Waals surface area contributed by atoms with Gasteiger partial charge in [0.15, 0.2) is 0 Å². The van der Waals surface area contributed by atoms with Crippen molar-refractivity contribution in [3.63, 3.8) is 0 Å². The van der Waals surface area contributed by atoms with Gasteiger partial charge in [-0.05, 0) is 25.0 Å². The van der Waals surface area contributed by atoms with Gasteiger partial charge in [-0.25, -0.2) is 9.97 Å². The Balaban J connectivity index is 2.36. The van der Waals surface area contributed by atoms with Crippen LogP contribution in [0.1, 0.15) is 43.4 Å². The van der Waals surface area contributed by atoms with Crippen LogP contribution < -0.4 is 5.73 Å². The molecule has 0 saturated heterocycles. The van der Waals surface area contributed by atoms with Gasteiger partial charge >= 0.3 is 0 Å². The summed E-state index contributed by atoms with van der Waals surface area (Å²) in [7, 11) is 0. The quantitative estimate of drug-likeness (QED) is 0.744. The average molecular weight is 266 g/mol. The molecule has 4 nitrogen and oxygen atoms in total. The molecule has 0 saturated carbocycles. The lowest BCUT2D eigenvalue weighted by atomic mass is 9.91. The second kappa shape index (κ2) is 5.30. The molecule has 2 rings (SSSR count). The van der Waals surface area contributed by atoms with E-state index < -0.39 is 0 Å². The van der Waals surface area contributed by atoms with Crippen LogP contribution in [-0.2, 0) is 5.41 Å². The molecular weight excluding hydrogens is 248 g/mol. The minimum Gasteiger partial charge on any atom is -0.396 e. The van der Waals surface area contributed by atoms with Gasteiger partial charge in [0, 0.05) is 11.1 Å². The Bertz CT molecular complexity index is 688. The third-order valence-corrected chi connectivity index (χ3v) is 2.83. The predicted octanol–water partition coefficient (Wildman–Crippen LogP) is 2.46. The van der Waals surface area contributed by atoms with E-state index in [-0.39, 0.29) is 5.41 Å². The second-order valence-electron chi connectivity index (χ2n) is 5.70. The van der Waals surface area contributed by atoms with Gasteiger partial charge in [0.2, 0.25) is 0 Å². The van der Waals surface area contributed by atoms with Crippen LogP contribution in [0.2, 0.25) is 0 Å². The first kappa shape index (κ1) is 14.0. The van der Waals surface area contributed by atoms with Crippen molar-refractivity contribution < 1.29 is 0 Å². The fraction of sp³-hybridized carbons (Fsp3) is 0.312. The van der Waals surface area contributed by atoms with Crippen LogP contribution in [0.3, 0.4) is 0 Å². The molecule has 0 aromatic carbocycles. The summed E-state index contributed by atoms with van der Waals surface area (Å²) < 4.78 is 0. The smallest absolute Gasteiger partial charge is 0.117 e. The lowest BCUT2D eigenvalue weighted by molar-refractivity contribution is 0.566. The molecule has 102 valence electrons. The molecule has 0 aliphatic heterocycles. The summed E-state index contributed by atoms with van der Waals surface area (Å²) in [5.41, 5.74) is 9.73. The van der Waals surface area contributed by atoms with E-state index in [1.165, 1.54) is 0 Å². The number of hydrogen-bond donors (Lipinski definition) is 1. The first-order valence-electron chi connectivity index (χ1n) is 6.43. The maximum atomic E-state index is 5.85. The SMILES string of the molecule is Cc1cc(C#Cc2cc(C(C)(C)C)ncn2)c(N)cn1. The minimum atomic E-state index is -0.0222. The van der Waals surface area contributed by atoms with Crippen LogP contribution >= 0.6 is 0 Å². The van der Waals surface area contributed by atoms with E-state index in [9.17, 15) is 0 Å². The number of nitrogens with two attached hydrogens (primary N) is 1. The Morgan fingerprint density at radius 3 is 2.50 bits per heavy atom. The third kappa shape index (κ3) is 3.33. The highest BCUT2D eigenvalue weighted by Crippen LogP contribution is 2.19. The van der Waals surface area contributed by atoms with Crippen LogP contribution in [0.5, 0.6) is 0 Å². The number of nitrogens with zero attached hydrogens (tertiary/aromatic N) is 3. The fourth-order valence-corrected chi connectivity index (χ4v) is 1.65. The Labute approximate surface area is 119 Å². The molecule has 2 aromatic rings. The topological polar surface area (TPSA) is 64.7 Å². The molecule has 0 radical (unpaired) electrons. The number of aromatic nitrogens is 3. The van der Waals surface area contributed by atoms with Gasteiger partial charge in [0.1, 0.15) is 12.0 Å². The Hall–Kier alpha value is -2.41. The molecule has 0 fully saturated rings. The van der Waals surface area contributed by atoms with Crippen molar-refractivity contribution in [2.75, 3.05) is 5.73 Å². The van der Waals surface area contributed by atoms with Crippen LogP contribution in [0.15, 0.2) is 24.7 Å². The number of rotatable bonds is 0. The Kier molecular flexibility index (Phi) is 3.71. The van der Waals surface area contributed by atoms with Crippen molar-refractivity contribution in [2.24, 2.45) is 0 Å². The highest BCUT2D eigenvalue weighted by atomic mass is 14.8. The van der Waals surface area contributed by atoms with Gasteiger partial charge < -0.3 is 5.73 Å². The van der Waals surface area contributed by atoms with Crippen LogP contribution in [0, 0.1) is 18.8 Å². The molecule has 2 heterocycles. The highest BCUT2D eigenvalue weighted by molar-refractivity contribution is 5.56. The van der Waals surface area contributed by atoms with E-state index >= 15 is 0 Å². The maximum absolute atomic E-state index is 5.85. The summed E-state index contributed by atoms with van der Waals surface area (Å²) in [5.74, 6) is 6.08. The zero-order valence-electron chi connectivity index (χ0n) is 12.2. The second-order valence-corrected chi connectivity index (χ2v) is 5.70. The highest BCUT2D eigenvalue weighted by Gasteiger charge is 2.15. The molecule has 0 aliphatic carbocycles. The molecule has 2 aromatic heterocycles. The summed E-state index contributed by atoms with van der Waals surface area (Å²) in [5, 5.41) is 0. The molecule has 2 N–H and O–H groups in total. The first-order chi connectivity index (χ1) is 9.36. The van der Waals surface area contributed by atoms with E-state index in [1.54, 1.807) is 12.5 Å². The van der Waals surface area contributed by atoms with Gasteiger partial charge in [-0.2, -0.15) is 0 Å². The average Bonchev–Trinajstić information content (AvgIpc) is 2.39. The number of pyridine rings is 1. The van der Waals surface area contributed by atoms with Crippen LogP contribution in [0.25, 0.3) is 0 Å². The summed E-state index contributed by atoms with van der Waals surface area (Å²) in [6.45, 7) is 8.23. The molecule has 0 aliphatic rings. The van der Waals surface area contributed by atoms with Gasteiger partial charge in [-0.3, -0.25) is 4.98 Å². The van der Waals surface area contributed by atoms with E-state index in [0.717, 1.165) is 17.0 Å². The van der Waals surface area contributed by atoms with Crippen molar-refractivity contribution in [1.29, 1.82) is 0 Å². The van der Waals surface area contributed by atoms with Crippen molar-refractivity contribution in [2.45, 2.75) is 33.1 Å². The maximum Gasteiger partial charge on any atom is 0.117 e. The summed E-state index contributed by atoms with van der Waals surface area (Å²) in [4.78, 5) is 12.6. The predicted molar refractivity (Wildman–Crippen MR) is 80.1 cm³/mol. The van der Waals surface area contributed by atoms with Gasteiger partial charge in [0.05, 0.1) is 23.1 Å². The standard InChI is InChI=1S/C16H18N4/c1-11-7-12(14(17)9-18-11)5-6-13-8-15(16(2,3)4)20-10-19-13/h7-10H,17H2,1-4H3. The molecule has 0 unspecified atom stereocenters. The van der Waals surface area contributed by atoms with Crippen molar-refractivity contribution >= 4 is 5.69 Å². The lowest BCUT2D eigenvalue weighted by Crippen LogP contribution is -2.13. The zero-order chi connectivity index (χ0) is 14.8. The molecule has 20 heavy (non-hydrogen) atoms. The van der Waals surface area contributed by atoms with Crippen molar-refractivity contribution in [3.8, 4) is 11.8 Å². The van der Waals surface area contributed by atoms with Crippen molar-refractivity contribution in [1.82, 2.24) is 15.0 Å².